The molecule has 2 rings (SSSR count). The summed E-state index contributed by atoms with van der Waals surface area (Å²) >= 11 is 0. The minimum absolute atomic E-state index is 0.303. The largest absolute Gasteiger partial charge is 0.240 e. The van der Waals surface area contributed by atoms with Crippen molar-refractivity contribution in [1.29, 1.82) is 5.26 Å². The molecule has 0 radical (unpaired) electrons. The summed E-state index contributed by atoms with van der Waals surface area (Å²) in [5, 5.41) is 12.7. The van der Waals surface area contributed by atoms with Gasteiger partial charge in [0, 0.05) is 6.20 Å². The molecule has 2 heterocycles. The minimum atomic E-state index is 0.303. The molecule has 0 aliphatic rings. The molecule has 0 N–H and O–H groups in total. The summed E-state index contributed by atoms with van der Waals surface area (Å²) in [6.45, 7) is 1.90. The molecule has 0 saturated heterocycles. The predicted octanol–water partition coefficient (Wildman–Crippen LogP) is 0.842. The Morgan fingerprint density at radius 1 is 1.36 bits per heavy atom. The second-order valence-electron chi connectivity index (χ2n) is 2.77. The van der Waals surface area contributed by atoms with Crippen LogP contribution in [0.1, 0.15) is 11.4 Å². The van der Waals surface area contributed by atoms with E-state index in [4.69, 9.17) is 5.26 Å². The molecule has 0 atom stereocenters. The van der Waals surface area contributed by atoms with Gasteiger partial charge in [-0.25, -0.2) is 14.6 Å². The summed E-state index contributed by atoms with van der Waals surface area (Å²) in [6.07, 6.45) is 4.74. The molecule has 5 nitrogen and oxygen atoms in total. The molecule has 0 aliphatic heterocycles. The quantitative estimate of drug-likeness (QED) is 0.660. The molecule has 2 aromatic rings. The highest BCUT2D eigenvalue weighted by atomic mass is 15.3. The first-order chi connectivity index (χ1) is 6.79. The molecule has 0 aromatic carbocycles. The molecule has 0 fully saturated rings. The molecule has 0 saturated carbocycles. The second kappa shape index (κ2) is 3.26. The van der Waals surface area contributed by atoms with Gasteiger partial charge < -0.3 is 0 Å². The van der Waals surface area contributed by atoms with Gasteiger partial charge in [0.25, 0.3) is 0 Å². The minimum Gasteiger partial charge on any atom is -0.240 e. The summed E-state index contributed by atoms with van der Waals surface area (Å²) in [6, 6.07) is 3.78. The number of aromatic nitrogens is 4. The van der Waals surface area contributed by atoms with Crippen LogP contribution in [0.2, 0.25) is 0 Å². The topological polar surface area (TPSA) is 67.4 Å². The summed E-state index contributed by atoms with van der Waals surface area (Å²) in [5.74, 6) is 0.608. The van der Waals surface area contributed by atoms with Gasteiger partial charge in [0.1, 0.15) is 6.07 Å². The van der Waals surface area contributed by atoms with Crippen molar-refractivity contribution >= 4 is 0 Å². The van der Waals surface area contributed by atoms with Gasteiger partial charge in [0.05, 0.1) is 18.1 Å². The Morgan fingerprint density at radius 2 is 2.21 bits per heavy atom. The average molecular weight is 185 g/mol. The van der Waals surface area contributed by atoms with Gasteiger partial charge in [-0.05, 0) is 13.0 Å². The van der Waals surface area contributed by atoms with Gasteiger partial charge in [-0.15, -0.1) is 0 Å². The lowest BCUT2D eigenvalue weighted by Gasteiger charge is -1.97. The summed E-state index contributed by atoms with van der Waals surface area (Å²) in [4.78, 5) is 7.95. The Hall–Kier alpha value is -2.22. The first kappa shape index (κ1) is 8.38. The van der Waals surface area contributed by atoms with Gasteiger partial charge in [-0.2, -0.15) is 10.4 Å². The van der Waals surface area contributed by atoms with E-state index in [9.17, 15) is 0 Å². The zero-order valence-electron chi connectivity index (χ0n) is 7.55. The lowest BCUT2D eigenvalue weighted by molar-refractivity contribution is 0.823. The van der Waals surface area contributed by atoms with Crippen LogP contribution in [0.15, 0.2) is 24.7 Å². The van der Waals surface area contributed by atoms with Crippen LogP contribution in [0, 0.1) is 18.3 Å². The molecule has 0 bridgehead atoms. The molecule has 0 aliphatic carbocycles. The molecule has 5 heteroatoms. The third kappa shape index (κ3) is 1.45. The smallest absolute Gasteiger partial charge is 0.171 e. The Labute approximate surface area is 80.7 Å². The highest BCUT2D eigenvalue weighted by Crippen LogP contribution is 2.02. The van der Waals surface area contributed by atoms with Crippen LogP contribution in [0.4, 0.5) is 0 Å². The van der Waals surface area contributed by atoms with Crippen LogP contribution in [0.3, 0.4) is 0 Å². The van der Waals surface area contributed by atoms with Gasteiger partial charge >= 0.3 is 0 Å². The van der Waals surface area contributed by atoms with E-state index in [1.165, 1.54) is 12.4 Å². The van der Waals surface area contributed by atoms with Crippen LogP contribution in [0.5, 0.6) is 0 Å². The molecular weight excluding hydrogens is 178 g/mol. The molecule has 0 amide bonds. The number of rotatable bonds is 1. The van der Waals surface area contributed by atoms with E-state index in [2.05, 4.69) is 15.1 Å². The highest BCUT2D eigenvalue weighted by Gasteiger charge is 2.00. The second-order valence-corrected chi connectivity index (χ2v) is 2.77. The van der Waals surface area contributed by atoms with Crippen molar-refractivity contribution in [3.05, 3.63) is 36.0 Å². The standard InChI is InChI=1S/C9H7N5/c1-7-2-3-14(13-7)9-6-11-8(4-10)5-12-9/h2-3,5-6H,1H3. The number of nitrogens with zero attached hydrogens (tertiary/aromatic N) is 5. The third-order valence-electron chi connectivity index (χ3n) is 1.71. The van der Waals surface area contributed by atoms with Crippen LogP contribution >= 0.6 is 0 Å². The normalized spacial score (nSPS) is 9.71. The van der Waals surface area contributed by atoms with E-state index in [0.29, 0.717) is 11.5 Å². The van der Waals surface area contributed by atoms with E-state index in [-0.39, 0.29) is 0 Å². The van der Waals surface area contributed by atoms with Crippen LogP contribution in [-0.4, -0.2) is 19.7 Å². The first-order valence-electron chi connectivity index (χ1n) is 4.04. The summed E-state index contributed by atoms with van der Waals surface area (Å²) < 4.78 is 1.61. The zero-order chi connectivity index (χ0) is 9.97. The fraction of sp³-hybridized carbons (Fsp3) is 0.111. The number of aryl methyl sites for hydroxylation is 1. The lowest BCUT2D eigenvalue weighted by atomic mass is 10.5. The fourth-order valence-corrected chi connectivity index (χ4v) is 1.04. The molecule has 68 valence electrons. The zero-order valence-corrected chi connectivity index (χ0v) is 7.55. The van der Waals surface area contributed by atoms with Crippen LogP contribution in [0.25, 0.3) is 5.82 Å². The van der Waals surface area contributed by atoms with Crippen molar-refractivity contribution in [1.82, 2.24) is 19.7 Å². The Bertz CT molecular complexity index is 477. The Kier molecular flexibility index (Phi) is 1.95. The van der Waals surface area contributed by atoms with Gasteiger partial charge in [-0.1, -0.05) is 0 Å². The van der Waals surface area contributed by atoms with Crippen molar-refractivity contribution in [2.75, 3.05) is 0 Å². The van der Waals surface area contributed by atoms with Crippen molar-refractivity contribution in [3.8, 4) is 11.9 Å². The van der Waals surface area contributed by atoms with E-state index in [1.54, 1.807) is 10.9 Å². The van der Waals surface area contributed by atoms with Crippen molar-refractivity contribution in [2.24, 2.45) is 0 Å². The maximum atomic E-state index is 8.53. The van der Waals surface area contributed by atoms with Crippen molar-refractivity contribution in [2.45, 2.75) is 6.92 Å². The number of hydrogen-bond donors (Lipinski definition) is 0. The average Bonchev–Trinajstić information content (AvgIpc) is 2.65. The highest BCUT2D eigenvalue weighted by molar-refractivity contribution is 5.23. The van der Waals surface area contributed by atoms with E-state index in [0.717, 1.165) is 5.69 Å². The number of nitriles is 1. The van der Waals surface area contributed by atoms with Crippen LogP contribution < -0.4 is 0 Å². The van der Waals surface area contributed by atoms with Crippen molar-refractivity contribution < 1.29 is 0 Å². The molecule has 14 heavy (non-hydrogen) atoms. The lowest BCUT2D eigenvalue weighted by Crippen LogP contribution is -1.99. The number of hydrogen-bond acceptors (Lipinski definition) is 4. The fourth-order valence-electron chi connectivity index (χ4n) is 1.04. The molecular formula is C9H7N5. The van der Waals surface area contributed by atoms with Gasteiger partial charge in [-0.3, -0.25) is 0 Å². The third-order valence-corrected chi connectivity index (χ3v) is 1.71. The van der Waals surface area contributed by atoms with E-state index >= 15 is 0 Å². The molecule has 2 aromatic heterocycles. The molecule has 0 spiro atoms. The molecule has 0 unspecified atom stereocenters. The van der Waals surface area contributed by atoms with E-state index < -0.39 is 0 Å². The Morgan fingerprint density at radius 3 is 2.71 bits per heavy atom. The predicted molar refractivity (Wildman–Crippen MR) is 48.6 cm³/mol. The Balaban J connectivity index is 2.39. The maximum absolute atomic E-state index is 8.53. The van der Waals surface area contributed by atoms with Gasteiger partial charge in [0.15, 0.2) is 11.5 Å². The van der Waals surface area contributed by atoms with Crippen molar-refractivity contribution in [3.63, 3.8) is 0 Å². The monoisotopic (exact) mass is 185 g/mol. The van der Waals surface area contributed by atoms with E-state index in [1.807, 2.05) is 19.1 Å². The maximum Gasteiger partial charge on any atom is 0.171 e. The van der Waals surface area contributed by atoms with Crippen LogP contribution in [-0.2, 0) is 0 Å². The SMILES string of the molecule is Cc1ccn(-c2cnc(C#N)cn2)n1. The summed E-state index contributed by atoms with van der Waals surface area (Å²) in [5.41, 5.74) is 1.22. The first-order valence-corrected chi connectivity index (χ1v) is 4.04. The van der Waals surface area contributed by atoms with Gasteiger partial charge in [0.2, 0.25) is 0 Å². The summed E-state index contributed by atoms with van der Waals surface area (Å²) in [7, 11) is 0.